The number of ether oxygens (including phenoxy) is 3. The fourth-order valence-electron chi connectivity index (χ4n) is 2.74. The fourth-order valence-corrected chi connectivity index (χ4v) is 2.74. The molecular weight excluding hydrogens is 348 g/mol. The van der Waals surface area contributed by atoms with Crippen LogP contribution in [0.25, 0.3) is 0 Å². The van der Waals surface area contributed by atoms with Gasteiger partial charge in [-0.2, -0.15) is 0 Å². The average molecular weight is 378 g/mol. The molecule has 0 radical (unpaired) electrons. The predicted molar refractivity (Wildman–Crippen MR) is 89.2 cm³/mol. The van der Waals surface area contributed by atoms with Crippen molar-refractivity contribution < 1.29 is 44.2 Å². The van der Waals surface area contributed by atoms with Gasteiger partial charge in [-0.15, -0.1) is 0 Å². The van der Waals surface area contributed by atoms with Gasteiger partial charge in [-0.3, -0.25) is 9.59 Å². The summed E-state index contributed by atoms with van der Waals surface area (Å²) < 4.78 is 16.2. The minimum atomic E-state index is -1.45. The third-order valence-corrected chi connectivity index (χ3v) is 4.30. The van der Waals surface area contributed by atoms with Crippen molar-refractivity contribution in [2.45, 2.75) is 95.8 Å². The van der Waals surface area contributed by atoms with Crippen molar-refractivity contribution in [2.24, 2.45) is 0 Å². The summed E-state index contributed by atoms with van der Waals surface area (Å²) >= 11 is 0. The van der Waals surface area contributed by atoms with Gasteiger partial charge in [0.15, 0.2) is 6.29 Å². The summed E-state index contributed by atoms with van der Waals surface area (Å²) in [6.45, 7) is 5.15. The maximum Gasteiger partial charge on any atom is 0.308 e. The molecule has 0 saturated carbocycles. The van der Waals surface area contributed by atoms with E-state index in [-0.39, 0.29) is 12.8 Å². The van der Waals surface area contributed by atoms with E-state index in [1.807, 2.05) is 6.92 Å². The molecule has 4 N–H and O–H groups in total. The minimum absolute atomic E-state index is 0.135. The number of aliphatic hydroxyl groups excluding tert-OH is 3. The zero-order valence-electron chi connectivity index (χ0n) is 15.4. The van der Waals surface area contributed by atoms with E-state index in [2.05, 4.69) is 0 Å². The number of aliphatic hydroxyl groups is 3. The highest BCUT2D eigenvalue weighted by Crippen LogP contribution is 2.24. The first-order valence-corrected chi connectivity index (χ1v) is 8.95. The van der Waals surface area contributed by atoms with Gasteiger partial charge in [-0.1, -0.05) is 20.3 Å². The number of esters is 1. The first-order valence-electron chi connectivity index (χ1n) is 8.95. The molecule has 9 heteroatoms. The van der Waals surface area contributed by atoms with Crippen molar-refractivity contribution in [3.8, 4) is 0 Å². The number of hydrogen-bond acceptors (Lipinski definition) is 8. The molecule has 0 aliphatic carbocycles. The number of aliphatic carboxylic acids is 1. The maximum absolute atomic E-state index is 12.1. The summed E-state index contributed by atoms with van der Waals surface area (Å²) in [6, 6.07) is 0. The van der Waals surface area contributed by atoms with Crippen molar-refractivity contribution >= 4 is 11.9 Å². The third-order valence-electron chi connectivity index (χ3n) is 4.30. The summed E-state index contributed by atoms with van der Waals surface area (Å²) in [6.07, 6.45) is -6.24. The Morgan fingerprint density at radius 3 is 2.23 bits per heavy atom. The lowest BCUT2D eigenvalue weighted by Crippen LogP contribution is -2.58. The van der Waals surface area contributed by atoms with E-state index in [0.29, 0.717) is 19.3 Å². The topological polar surface area (TPSA) is 143 Å². The van der Waals surface area contributed by atoms with Gasteiger partial charge < -0.3 is 34.6 Å². The van der Waals surface area contributed by atoms with Crippen molar-refractivity contribution in [2.75, 3.05) is 0 Å². The van der Waals surface area contributed by atoms with E-state index in [4.69, 9.17) is 19.3 Å². The summed E-state index contributed by atoms with van der Waals surface area (Å²) in [7, 11) is 0. The monoisotopic (exact) mass is 378 g/mol. The molecule has 9 nitrogen and oxygen atoms in total. The maximum atomic E-state index is 12.1. The van der Waals surface area contributed by atoms with Crippen LogP contribution >= 0.6 is 0 Å². The Hall–Kier alpha value is -1.26. The van der Waals surface area contributed by atoms with Gasteiger partial charge in [0.05, 0.1) is 25.0 Å². The third kappa shape index (κ3) is 6.81. The smallest absolute Gasteiger partial charge is 0.308 e. The highest BCUT2D eigenvalue weighted by Gasteiger charge is 2.43. The summed E-state index contributed by atoms with van der Waals surface area (Å²) in [5.41, 5.74) is 0. The summed E-state index contributed by atoms with van der Waals surface area (Å²) in [5.74, 6) is -1.65. The Kier molecular flexibility index (Phi) is 9.45. The average Bonchev–Trinajstić information content (AvgIpc) is 2.56. The quantitative estimate of drug-likeness (QED) is 0.392. The van der Waals surface area contributed by atoms with E-state index in [1.54, 1.807) is 6.92 Å². The van der Waals surface area contributed by atoms with Gasteiger partial charge in [0.1, 0.15) is 24.4 Å². The minimum Gasteiger partial charge on any atom is -0.481 e. The molecule has 26 heavy (non-hydrogen) atoms. The second-order valence-electron chi connectivity index (χ2n) is 6.55. The molecule has 0 aromatic heterocycles. The van der Waals surface area contributed by atoms with Crippen molar-refractivity contribution in [3.63, 3.8) is 0 Å². The van der Waals surface area contributed by atoms with Crippen LogP contribution in [0.2, 0.25) is 0 Å². The van der Waals surface area contributed by atoms with E-state index in [0.717, 1.165) is 0 Å². The van der Waals surface area contributed by atoms with Crippen molar-refractivity contribution in [1.29, 1.82) is 0 Å². The van der Waals surface area contributed by atoms with E-state index < -0.39 is 54.9 Å². The molecule has 1 saturated heterocycles. The van der Waals surface area contributed by atoms with Crippen LogP contribution in [0.4, 0.5) is 0 Å². The SMILES string of the molecule is CCCC(CC(=O)OC(CC)CC(=O)O)O[C@@H]1OC(C)[C@H](O)[C@H](O)C1O. The molecule has 0 amide bonds. The Bertz CT molecular complexity index is 456. The van der Waals surface area contributed by atoms with Crippen molar-refractivity contribution in [3.05, 3.63) is 0 Å². The standard InChI is InChI=1S/C17H30O9/c1-4-6-11(8-13(20)25-10(5-2)7-12(18)19)26-17-16(23)15(22)14(21)9(3)24-17/h9-11,14-17,21-23H,4-8H2,1-3H3,(H,18,19)/t9?,10?,11?,14-,15-,16?,17-/m0/s1. The van der Waals surface area contributed by atoms with Gasteiger partial charge in [-0.25, -0.2) is 0 Å². The fraction of sp³-hybridized carbons (Fsp3) is 0.882. The van der Waals surface area contributed by atoms with Crippen LogP contribution < -0.4 is 0 Å². The van der Waals surface area contributed by atoms with Gasteiger partial charge in [0, 0.05) is 0 Å². The molecule has 1 aliphatic rings. The van der Waals surface area contributed by atoms with Crippen LogP contribution in [0.3, 0.4) is 0 Å². The lowest BCUT2D eigenvalue weighted by Gasteiger charge is -2.40. The molecule has 0 bridgehead atoms. The molecule has 1 fully saturated rings. The van der Waals surface area contributed by atoms with Gasteiger partial charge >= 0.3 is 11.9 Å². The number of hydrogen-bond donors (Lipinski definition) is 4. The van der Waals surface area contributed by atoms with E-state index in [9.17, 15) is 24.9 Å². The molecule has 0 spiro atoms. The molecule has 4 unspecified atom stereocenters. The Balaban J connectivity index is 2.65. The number of rotatable bonds is 10. The Labute approximate surface area is 152 Å². The second-order valence-corrected chi connectivity index (χ2v) is 6.55. The molecule has 0 aromatic carbocycles. The van der Waals surface area contributed by atoms with Gasteiger partial charge in [0.25, 0.3) is 0 Å². The zero-order chi connectivity index (χ0) is 19.9. The molecule has 0 aromatic rings. The molecule has 1 heterocycles. The summed E-state index contributed by atoms with van der Waals surface area (Å²) in [4.78, 5) is 22.9. The molecule has 1 aliphatic heterocycles. The number of carbonyl (C=O) groups is 2. The lowest BCUT2D eigenvalue weighted by atomic mass is 10.00. The first-order chi connectivity index (χ1) is 12.2. The first kappa shape index (κ1) is 22.8. The van der Waals surface area contributed by atoms with Crippen LogP contribution in [0.15, 0.2) is 0 Å². The second kappa shape index (κ2) is 10.8. The molecular formula is C17H30O9. The number of carboxylic acid groups (broad SMARTS) is 1. The Morgan fingerprint density at radius 1 is 1.04 bits per heavy atom. The van der Waals surface area contributed by atoms with Crippen LogP contribution in [0.1, 0.15) is 52.9 Å². The van der Waals surface area contributed by atoms with E-state index in [1.165, 1.54) is 6.92 Å². The van der Waals surface area contributed by atoms with Gasteiger partial charge in [-0.05, 0) is 19.8 Å². The normalized spacial score (nSPS) is 31.2. The predicted octanol–water partition coefficient (Wildman–Crippen LogP) is 0.186. The highest BCUT2D eigenvalue weighted by atomic mass is 16.7. The van der Waals surface area contributed by atoms with Gasteiger partial charge in [0.2, 0.25) is 0 Å². The summed E-state index contributed by atoms with van der Waals surface area (Å²) in [5, 5.41) is 38.4. The van der Waals surface area contributed by atoms with Crippen LogP contribution in [-0.2, 0) is 23.8 Å². The highest BCUT2D eigenvalue weighted by molar-refractivity contribution is 5.71. The number of carbonyl (C=O) groups excluding carboxylic acids is 1. The Morgan fingerprint density at radius 2 is 1.69 bits per heavy atom. The lowest BCUT2D eigenvalue weighted by molar-refractivity contribution is -0.304. The van der Waals surface area contributed by atoms with Crippen LogP contribution in [-0.4, -0.2) is 75.3 Å². The van der Waals surface area contributed by atoms with Crippen LogP contribution in [0, 0.1) is 0 Å². The largest absolute Gasteiger partial charge is 0.481 e. The molecule has 1 rings (SSSR count). The number of carboxylic acids is 1. The molecule has 7 atom stereocenters. The van der Waals surface area contributed by atoms with Crippen LogP contribution in [0.5, 0.6) is 0 Å². The van der Waals surface area contributed by atoms with E-state index >= 15 is 0 Å². The van der Waals surface area contributed by atoms with Crippen molar-refractivity contribution in [1.82, 2.24) is 0 Å². The molecule has 152 valence electrons. The zero-order valence-corrected chi connectivity index (χ0v) is 15.4.